The number of nitrogens with two attached hydrogens (primary N) is 3. The zero-order valence-corrected chi connectivity index (χ0v) is 21.2. The number of thioether (sulfide) groups is 1. The second-order valence-corrected chi connectivity index (χ2v) is 9.12. The van der Waals surface area contributed by atoms with Gasteiger partial charge < -0.3 is 43.4 Å². The van der Waals surface area contributed by atoms with Crippen LogP contribution in [0.15, 0.2) is 0 Å². The van der Waals surface area contributed by atoms with Gasteiger partial charge in [0.1, 0.15) is 18.1 Å². The number of hydrogen-bond donors (Lipinski definition) is 8. The second kappa shape index (κ2) is 18.4. The third-order valence-electron chi connectivity index (χ3n) is 5.12. The van der Waals surface area contributed by atoms with Gasteiger partial charge in [0.25, 0.3) is 0 Å². The van der Waals surface area contributed by atoms with Crippen molar-refractivity contribution in [1.82, 2.24) is 16.0 Å². The Kier molecular flexibility index (Phi) is 16.9. The van der Waals surface area contributed by atoms with Crippen LogP contribution >= 0.6 is 11.8 Å². The summed E-state index contributed by atoms with van der Waals surface area (Å²) in [5.41, 5.74) is 16.3. The van der Waals surface area contributed by atoms with E-state index in [1.165, 1.54) is 11.8 Å². The second-order valence-electron chi connectivity index (χ2n) is 8.13. The molecule has 0 bridgehead atoms. The van der Waals surface area contributed by atoms with Crippen molar-refractivity contribution in [3.63, 3.8) is 0 Å². The van der Waals surface area contributed by atoms with Crippen molar-refractivity contribution in [3.8, 4) is 0 Å². The first-order chi connectivity index (χ1) is 16.9. The average Bonchev–Trinajstić information content (AvgIpc) is 2.81. The first-order valence-electron chi connectivity index (χ1n) is 11.5. The Hall–Kier alpha value is -2.91. The van der Waals surface area contributed by atoms with Gasteiger partial charge in [0.2, 0.25) is 23.6 Å². The lowest BCUT2D eigenvalue weighted by atomic mass is 10.1. The van der Waals surface area contributed by atoms with E-state index in [4.69, 9.17) is 22.3 Å². The fourth-order valence-electron chi connectivity index (χ4n) is 3.04. The van der Waals surface area contributed by atoms with Gasteiger partial charge in [-0.3, -0.25) is 24.0 Å². The van der Waals surface area contributed by atoms with Crippen LogP contribution in [0.1, 0.15) is 51.4 Å². The summed E-state index contributed by atoms with van der Waals surface area (Å²) >= 11 is 1.40. The van der Waals surface area contributed by atoms with Gasteiger partial charge in [-0.05, 0) is 57.1 Å². The Balaban J connectivity index is 5.47. The fourth-order valence-corrected chi connectivity index (χ4v) is 3.51. The molecule has 0 aliphatic carbocycles. The molecule has 11 N–H and O–H groups in total. The summed E-state index contributed by atoms with van der Waals surface area (Å²) in [5, 5.41) is 25.5. The maximum atomic E-state index is 13.0. The van der Waals surface area contributed by atoms with Gasteiger partial charge in [0.05, 0.1) is 6.04 Å². The van der Waals surface area contributed by atoms with Crippen LogP contribution in [0.2, 0.25) is 0 Å². The van der Waals surface area contributed by atoms with E-state index in [0.29, 0.717) is 25.1 Å². The molecule has 0 aliphatic heterocycles. The van der Waals surface area contributed by atoms with Crippen LogP contribution in [0, 0.1) is 0 Å². The van der Waals surface area contributed by atoms with Crippen molar-refractivity contribution in [2.75, 3.05) is 18.6 Å². The van der Waals surface area contributed by atoms with Crippen molar-refractivity contribution in [2.45, 2.75) is 75.5 Å². The van der Waals surface area contributed by atoms with E-state index in [-0.39, 0.29) is 38.5 Å². The fraction of sp³-hybridized carbons (Fsp3) is 0.714. The molecule has 206 valence electrons. The molecule has 4 amide bonds. The molecule has 36 heavy (non-hydrogen) atoms. The standard InChI is InChI=1S/C21H38N6O8S/c1-36-11-9-14(20(33)27-15(21(34)35)4-2-3-10-22)26-19(32)13(6-7-16(24)28)25-18(31)12(23)5-8-17(29)30/h12-15H,2-11,22-23H2,1H3,(H2,24,28)(H,25,31)(H,26,32)(H,27,33)(H,29,30)(H,34,35). The minimum atomic E-state index is -1.29. The Bertz CT molecular complexity index is 769. The van der Waals surface area contributed by atoms with Crippen LogP contribution in [0.25, 0.3) is 0 Å². The predicted molar refractivity (Wildman–Crippen MR) is 133 cm³/mol. The zero-order chi connectivity index (χ0) is 27.7. The maximum Gasteiger partial charge on any atom is 0.326 e. The molecule has 0 fully saturated rings. The van der Waals surface area contributed by atoms with E-state index in [0.717, 1.165) is 0 Å². The first kappa shape index (κ1) is 33.1. The van der Waals surface area contributed by atoms with Crippen molar-refractivity contribution >= 4 is 47.3 Å². The number of rotatable bonds is 20. The summed E-state index contributed by atoms with van der Waals surface area (Å²) in [6.45, 7) is 0.380. The number of amides is 4. The van der Waals surface area contributed by atoms with E-state index >= 15 is 0 Å². The third kappa shape index (κ3) is 14.5. The van der Waals surface area contributed by atoms with Crippen LogP contribution in [0.5, 0.6) is 0 Å². The molecule has 4 atom stereocenters. The van der Waals surface area contributed by atoms with Gasteiger partial charge in [0.15, 0.2) is 0 Å². The Morgan fingerprint density at radius 3 is 1.83 bits per heavy atom. The monoisotopic (exact) mass is 534 g/mol. The lowest BCUT2D eigenvalue weighted by Gasteiger charge is -2.25. The van der Waals surface area contributed by atoms with Crippen LogP contribution in [-0.4, -0.2) is 88.5 Å². The molecular formula is C21H38N6O8S. The summed E-state index contributed by atoms with van der Waals surface area (Å²) < 4.78 is 0. The van der Waals surface area contributed by atoms with Gasteiger partial charge in [0, 0.05) is 12.8 Å². The van der Waals surface area contributed by atoms with E-state index in [1.807, 2.05) is 0 Å². The first-order valence-corrected chi connectivity index (χ1v) is 12.9. The number of carboxylic acids is 2. The summed E-state index contributed by atoms with van der Waals surface area (Å²) in [6, 6.07) is -4.79. The van der Waals surface area contributed by atoms with Crippen LogP contribution in [0.4, 0.5) is 0 Å². The van der Waals surface area contributed by atoms with Crippen molar-refractivity contribution in [3.05, 3.63) is 0 Å². The molecule has 0 saturated carbocycles. The summed E-state index contributed by atoms with van der Waals surface area (Å²) in [4.78, 5) is 71.7. The SMILES string of the molecule is CSCCC(NC(=O)C(CCC(N)=O)NC(=O)C(N)CCC(=O)O)C(=O)NC(CCCCN)C(=O)O. The normalized spacial score (nSPS) is 14.1. The minimum Gasteiger partial charge on any atom is -0.481 e. The number of carboxylic acid groups (broad SMARTS) is 2. The van der Waals surface area contributed by atoms with Gasteiger partial charge in [-0.2, -0.15) is 11.8 Å². The van der Waals surface area contributed by atoms with Crippen molar-refractivity contribution < 1.29 is 39.0 Å². The quantitative estimate of drug-likeness (QED) is 0.0782. The lowest BCUT2D eigenvalue weighted by molar-refractivity contribution is -0.142. The zero-order valence-electron chi connectivity index (χ0n) is 20.4. The highest BCUT2D eigenvalue weighted by Gasteiger charge is 2.30. The molecule has 0 aliphatic rings. The van der Waals surface area contributed by atoms with Gasteiger partial charge in [-0.25, -0.2) is 4.79 Å². The van der Waals surface area contributed by atoms with E-state index in [9.17, 15) is 33.9 Å². The molecule has 0 rings (SSSR count). The molecule has 0 spiro atoms. The number of nitrogens with one attached hydrogen (secondary N) is 3. The summed E-state index contributed by atoms with van der Waals surface area (Å²) in [7, 11) is 0. The van der Waals surface area contributed by atoms with Crippen molar-refractivity contribution in [2.24, 2.45) is 17.2 Å². The highest BCUT2D eigenvalue weighted by atomic mass is 32.2. The lowest BCUT2D eigenvalue weighted by Crippen LogP contribution is -2.57. The summed E-state index contributed by atoms with van der Waals surface area (Å²) in [5.74, 6) is -4.96. The van der Waals surface area contributed by atoms with E-state index in [1.54, 1.807) is 6.26 Å². The Labute approximate surface area is 213 Å². The van der Waals surface area contributed by atoms with Crippen LogP contribution in [-0.2, 0) is 28.8 Å². The number of hydrogen-bond acceptors (Lipinski definition) is 9. The molecule has 4 unspecified atom stereocenters. The Morgan fingerprint density at radius 1 is 0.778 bits per heavy atom. The van der Waals surface area contributed by atoms with E-state index in [2.05, 4.69) is 16.0 Å². The van der Waals surface area contributed by atoms with E-state index < -0.39 is 59.7 Å². The number of carbonyl (C=O) groups is 6. The number of carbonyl (C=O) groups excluding carboxylic acids is 4. The molecular weight excluding hydrogens is 496 g/mol. The van der Waals surface area contributed by atoms with Crippen LogP contribution < -0.4 is 33.2 Å². The maximum absolute atomic E-state index is 13.0. The largest absolute Gasteiger partial charge is 0.481 e. The number of primary amides is 1. The average molecular weight is 535 g/mol. The molecule has 0 aromatic rings. The molecule has 0 aromatic heterocycles. The third-order valence-corrected chi connectivity index (χ3v) is 5.77. The molecule has 0 aromatic carbocycles. The number of aliphatic carboxylic acids is 2. The molecule has 0 saturated heterocycles. The van der Waals surface area contributed by atoms with Crippen LogP contribution in [0.3, 0.4) is 0 Å². The topological polar surface area (TPSA) is 257 Å². The number of unbranched alkanes of at least 4 members (excludes halogenated alkanes) is 1. The van der Waals surface area contributed by atoms with Gasteiger partial charge in [-0.1, -0.05) is 0 Å². The predicted octanol–water partition coefficient (Wildman–Crippen LogP) is -2.13. The molecule has 15 heteroatoms. The Morgan fingerprint density at radius 2 is 1.33 bits per heavy atom. The highest BCUT2D eigenvalue weighted by molar-refractivity contribution is 7.98. The molecule has 14 nitrogen and oxygen atoms in total. The minimum absolute atomic E-state index is 0.160. The molecule has 0 radical (unpaired) electrons. The summed E-state index contributed by atoms with van der Waals surface area (Å²) in [6.07, 6.45) is 2.21. The van der Waals surface area contributed by atoms with Gasteiger partial charge in [-0.15, -0.1) is 0 Å². The highest BCUT2D eigenvalue weighted by Crippen LogP contribution is 2.07. The van der Waals surface area contributed by atoms with Crippen molar-refractivity contribution in [1.29, 1.82) is 0 Å². The van der Waals surface area contributed by atoms with Gasteiger partial charge >= 0.3 is 11.9 Å². The molecule has 0 heterocycles. The smallest absolute Gasteiger partial charge is 0.326 e.